The quantitative estimate of drug-likeness (QED) is 0.568. The van der Waals surface area contributed by atoms with Gasteiger partial charge in [0.2, 0.25) is 5.91 Å². The number of carbonyl (C=O) groups is 3. The first-order valence-corrected chi connectivity index (χ1v) is 12.4. The Kier molecular flexibility index (Phi) is 7.43. The standard InChI is InChI=1S/C28H34N2O5/c1-3-8-19(17-25(31)30-15-13-28(2,14-16-30)26(32)33)29-27(34)35-18-24-22-11-6-4-9-20(22)21-10-5-7-12-23(21)24/h4-7,9-12,19,24H,3,8,13-18H2,1-2H3,(H,29,34)(H,32,33)/t19-/m1/s1. The van der Waals surface area contributed by atoms with Gasteiger partial charge in [-0.15, -0.1) is 0 Å². The second-order valence-electron chi connectivity index (χ2n) is 9.91. The molecule has 35 heavy (non-hydrogen) atoms. The van der Waals surface area contributed by atoms with Crippen molar-refractivity contribution in [3.8, 4) is 11.1 Å². The number of alkyl carbamates (subject to hydrolysis) is 1. The van der Waals surface area contributed by atoms with E-state index in [9.17, 15) is 19.5 Å². The zero-order chi connectivity index (χ0) is 25.0. The number of hydrogen-bond donors (Lipinski definition) is 2. The van der Waals surface area contributed by atoms with Gasteiger partial charge in [0.25, 0.3) is 0 Å². The Labute approximate surface area is 206 Å². The first kappa shape index (κ1) is 24.8. The van der Waals surface area contributed by atoms with Crippen LogP contribution < -0.4 is 5.32 Å². The fourth-order valence-electron chi connectivity index (χ4n) is 5.18. The number of carbonyl (C=O) groups excluding carboxylic acids is 2. The van der Waals surface area contributed by atoms with Gasteiger partial charge in [-0.3, -0.25) is 9.59 Å². The Bertz CT molecular complexity index is 1040. The number of carboxylic acids is 1. The maximum atomic E-state index is 12.9. The van der Waals surface area contributed by atoms with Gasteiger partial charge in [0.1, 0.15) is 6.61 Å². The summed E-state index contributed by atoms with van der Waals surface area (Å²) >= 11 is 0. The highest BCUT2D eigenvalue weighted by Gasteiger charge is 2.38. The molecule has 0 aromatic heterocycles. The van der Waals surface area contributed by atoms with Crippen LogP contribution in [0.15, 0.2) is 48.5 Å². The molecule has 2 aromatic rings. The molecule has 0 unspecified atom stereocenters. The largest absolute Gasteiger partial charge is 0.481 e. The maximum absolute atomic E-state index is 12.9. The molecule has 0 saturated carbocycles. The molecular formula is C28H34N2O5. The highest BCUT2D eigenvalue weighted by Crippen LogP contribution is 2.44. The molecule has 2 amide bonds. The van der Waals surface area contributed by atoms with Gasteiger partial charge >= 0.3 is 12.1 Å². The van der Waals surface area contributed by atoms with Crippen LogP contribution in [-0.4, -0.2) is 53.7 Å². The maximum Gasteiger partial charge on any atom is 0.407 e. The number of carboxylic acid groups (broad SMARTS) is 1. The van der Waals surface area contributed by atoms with Crippen molar-refractivity contribution in [2.24, 2.45) is 5.41 Å². The summed E-state index contributed by atoms with van der Waals surface area (Å²) < 4.78 is 5.66. The molecule has 1 heterocycles. The van der Waals surface area contributed by atoms with Gasteiger partial charge in [-0.25, -0.2) is 4.79 Å². The molecule has 1 aliphatic carbocycles. The minimum atomic E-state index is -0.814. The van der Waals surface area contributed by atoms with Gasteiger partial charge < -0.3 is 20.1 Å². The number of rotatable bonds is 8. The van der Waals surface area contributed by atoms with E-state index in [1.807, 2.05) is 31.2 Å². The molecular weight excluding hydrogens is 444 g/mol. The fourth-order valence-corrected chi connectivity index (χ4v) is 5.18. The predicted molar refractivity (Wildman–Crippen MR) is 133 cm³/mol. The van der Waals surface area contributed by atoms with Gasteiger partial charge in [0, 0.05) is 31.5 Å². The van der Waals surface area contributed by atoms with Crippen molar-refractivity contribution in [1.29, 1.82) is 0 Å². The lowest BCUT2D eigenvalue weighted by Gasteiger charge is -2.37. The van der Waals surface area contributed by atoms with Crippen molar-refractivity contribution in [2.75, 3.05) is 19.7 Å². The summed E-state index contributed by atoms with van der Waals surface area (Å²) in [6.07, 6.45) is 2.02. The molecule has 1 atom stereocenters. The van der Waals surface area contributed by atoms with E-state index in [-0.39, 0.29) is 30.9 Å². The van der Waals surface area contributed by atoms with Crippen LogP contribution in [0.2, 0.25) is 0 Å². The van der Waals surface area contributed by atoms with E-state index in [0.29, 0.717) is 32.4 Å². The molecule has 1 saturated heterocycles. The molecule has 7 heteroatoms. The molecule has 1 aliphatic heterocycles. The average Bonchev–Trinajstić information content (AvgIpc) is 3.17. The normalized spacial score (nSPS) is 17.3. The second-order valence-corrected chi connectivity index (χ2v) is 9.91. The molecule has 0 bridgehead atoms. The molecule has 2 aliphatic rings. The summed E-state index contributed by atoms with van der Waals surface area (Å²) in [4.78, 5) is 38.8. The number of nitrogens with zero attached hydrogens (tertiary/aromatic N) is 1. The number of likely N-dealkylation sites (tertiary alicyclic amines) is 1. The van der Waals surface area contributed by atoms with E-state index in [4.69, 9.17) is 4.74 Å². The van der Waals surface area contributed by atoms with Crippen molar-refractivity contribution in [2.45, 2.75) is 57.9 Å². The van der Waals surface area contributed by atoms with E-state index in [1.54, 1.807) is 11.8 Å². The summed E-state index contributed by atoms with van der Waals surface area (Å²) in [5.74, 6) is -0.892. The third-order valence-corrected chi connectivity index (χ3v) is 7.46. The number of ether oxygens (including phenoxy) is 1. The van der Waals surface area contributed by atoms with Crippen molar-refractivity contribution in [3.05, 3.63) is 59.7 Å². The van der Waals surface area contributed by atoms with E-state index < -0.39 is 17.5 Å². The Hall–Kier alpha value is -3.35. The summed E-state index contributed by atoms with van der Waals surface area (Å²) in [6.45, 7) is 4.81. The lowest BCUT2D eigenvalue weighted by molar-refractivity contribution is -0.153. The molecule has 2 N–H and O–H groups in total. The van der Waals surface area contributed by atoms with Crippen molar-refractivity contribution in [3.63, 3.8) is 0 Å². The minimum Gasteiger partial charge on any atom is -0.481 e. The van der Waals surface area contributed by atoms with Crippen LogP contribution in [0.4, 0.5) is 4.79 Å². The van der Waals surface area contributed by atoms with Crippen LogP contribution in [0.1, 0.15) is 63.0 Å². The molecule has 186 valence electrons. The molecule has 2 aromatic carbocycles. The van der Waals surface area contributed by atoms with Gasteiger partial charge in [-0.2, -0.15) is 0 Å². The molecule has 0 spiro atoms. The number of aliphatic carboxylic acids is 1. The number of amides is 2. The van der Waals surface area contributed by atoms with Crippen molar-refractivity contribution in [1.82, 2.24) is 10.2 Å². The second kappa shape index (κ2) is 10.5. The van der Waals surface area contributed by atoms with Crippen LogP contribution in [0.5, 0.6) is 0 Å². The van der Waals surface area contributed by atoms with Crippen LogP contribution in [0.25, 0.3) is 11.1 Å². The van der Waals surface area contributed by atoms with Crippen LogP contribution in [-0.2, 0) is 14.3 Å². The monoisotopic (exact) mass is 478 g/mol. The minimum absolute atomic E-state index is 0.0173. The van der Waals surface area contributed by atoms with Crippen LogP contribution >= 0.6 is 0 Å². The summed E-state index contributed by atoms with van der Waals surface area (Å²) in [6, 6.07) is 16.1. The van der Waals surface area contributed by atoms with E-state index in [2.05, 4.69) is 29.6 Å². The lowest BCUT2D eigenvalue weighted by atomic mass is 9.80. The van der Waals surface area contributed by atoms with E-state index in [1.165, 1.54) is 11.1 Å². The van der Waals surface area contributed by atoms with E-state index in [0.717, 1.165) is 17.5 Å². The SMILES string of the molecule is CCC[C@H](CC(=O)N1CCC(C)(C(=O)O)CC1)NC(=O)OCC1c2ccccc2-c2ccccc21. The van der Waals surface area contributed by atoms with Crippen LogP contribution in [0.3, 0.4) is 0 Å². The van der Waals surface area contributed by atoms with Crippen molar-refractivity contribution < 1.29 is 24.2 Å². The fraction of sp³-hybridized carbons (Fsp3) is 0.464. The Morgan fingerprint density at radius 3 is 2.17 bits per heavy atom. The number of piperidine rings is 1. The number of fused-ring (bicyclic) bond motifs is 3. The Morgan fingerprint density at radius 2 is 1.63 bits per heavy atom. The Balaban J connectivity index is 1.33. The zero-order valence-electron chi connectivity index (χ0n) is 20.5. The number of hydrogen-bond acceptors (Lipinski definition) is 4. The van der Waals surface area contributed by atoms with Gasteiger partial charge in [-0.05, 0) is 48.4 Å². The summed E-state index contributed by atoms with van der Waals surface area (Å²) in [5.41, 5.74) is 3.87. The van der Waals surface area contributed by atoms with Gasteiger partial charge in [0.15, 0.2) is 0 Å². The first-order chi connectivity index (χ1) is 16.8. The van der Waals surface area contributed by atoms with E-state index >= 15 is 0 Å². The smallest absolute Gasteiger partial charge is 0.407 e. The number of benzene rings is 2. The van der Waals surface area contributed by atoms with Crippen molar-refractivity contribution >= 4 is 18.0 Å². The first-order valence-electron chi connectivity index (χ1n) is 12.4. The highest BCUT2D eigenvalue weighted by molar-refractivity contribution is 5.80. The molecule has 1 fully saturated rings. The zero-order valence-corrected chi connectivity index (χ0v) is 20.5. The highest BCUT2D eigenvalue weighted by atomic mass is 16.5. The van der Waals surface area contributed by atoms with Gasteiger partial charge in [-0.1, -0.05) is 61.9 Å². The summed E-state index contributed by atoms with van der Waals surface area (Å²) in [5, 5.41) is 12.3. The molecule has 0 radical (unpaired) electrons. The third kappa shape index (κ3) is 5.34. The Morgan fingerprint density at radius 1 is 1.06 bits per heavy atom. The lowest BCUT2D eigenvalue weighted by Crippen LogP contribution is -2.47. The summed E-state index contributed by atoms with van der Waals surface area (Å²) in [7, 11) is 0. The molecule has 4 rings (SSSR count). The van der Waals surface area contributed by atoms with Crippen LogP contribution in [0, 0.1) is 5.41 Å². The molecule has 7 nitrogen and oxygen atoms in total. The van der Waals surface area contributed by atoms with Gasteiger partial charge in [0.05, 0.1) is 5.41 Å². The number of nitrogens with one attached hydrogen (secondary N) is 1. The topological polar surface area (TPSA) is 95.9 Å². The predicted octanol–water partition coefficient (Wildman–Crippen LogP) is 4.80. The third-order valence-electron chi connectivity index (χ3n) is 7.46. The average molecular weight is 479 g/mol.